The molecule has 1 aliphatic heterocycles. The van der Waals surface area contributed by atoms with Gasteiger partial charge in [-0.15, -0.1) is 24.0 Å². The first-order valence-corrected chi connectivity index (χ1v) is 9.48. The summed E-state index contributed by atoms with van der Waals surface area (Å²) in [6.07, 6.45) is 0. The molecule has 7 heteroatoms. The molecule has 1 heterocycles. The Hall–Kier alpha value is -0.960. The third kappa shape index (κ3) is 6.36. The summed E-state index contributed by atoms with van der Waals surface area (Å²) in [5.74, 6) is 2.68. The fraction of sp³-hybridized carbons (Fsp3) is 0.556. The SMILES string of the molecule is CN=C(NCc1cccc(C(=O)NC)c1)N1CCSC(C(C)C)C1.I. The topological polar surface area (TPSA) is 56.7 Å². The van der Waals surface area contributed by atoms with E-state index in [0.29, 0.717) is 23.3 Å². The number of thioether (sulfide) groups is 1. The molecule has 0 aromatic heterocycles. The van der Waals surface area contributed by atoms with Crippen LogP contribution in [0.4, 0.5) is 0 Å². The van der Waals surface area contributed by atoms with Crippen LogP contribution in [-0.2, 0) is 6.54 Å². The molecule has 2 N–H and O–H groups in total. The van der Waals surface area contributed by atoms with Crippen LogP contribution in [0, 0.1) is 5.92 Å². The molecule has 25 heavy (non-hydrogen) atoms. The van der Waals surface area contributed by atoms with Gasteiger partial charge in [0.25, 0.3) is 5.91 Å². The second kappa shape index (κ2) is 10.9. The normalized spacial score (nSPS) is 17.9. The number of guanidine groups is 1. The maximum absolute atomic E-state index is 11.7. The van der Waals surface area contributed by atoms with Crippen molar-refractivity contribution in [3.05, 3.63) is 35.4 Å². The van der Waals surface area contributed by atoms with Crippen LogP contribution in [0.1, 0.15) is 29.8 Å². The number of nitrogens with zero attached hydrogens (tertiary/aromatic N) is 2. The van der Waals surface area contributed by atoms with Gasteiger partial charge in [0.15, 0.2) is 5.96 Å². The van der Waals surface area contributed by atoms with Crippen LogP contribution in [0.25, 0.3) is 0 Å². The molecule has 1 aromatic carbocycles. The Morgan fingerprint density at radius 3 is 2.84 bits per heavy atom. The molecule has 1 unspecified atom stereocenters. The number of benzene rings is 1. The quantitative estimate of drug-likeness (QED) is 0.399. The van der Waals surface area contributed by atoms with Crippen molar-refractivity contribution in [1.29, 1.82) is 0 Å². The summed E-state index contributed by atoms with van der Waals surface area (Å²) in [6.45, 7) is 7.27. The van der Waals surface area contributed by atoms with Crippen molar-refractivity contribution in [3.63, 3.8) is 0 Å². The van der Waals surface area contributed by atoms with Crippen LogP contribution in [0.3, 0.4) is 0 Å². The summed E-state index contributed by atoms with van der Waals surface area (Å²) in [7, 11) is 3.48. The molecule has 0 radical (unpaired) electrons. The van der Waals surface area contributed by atoms with Crippen LogP contribution in [0.5, 0.6) is 0 Å². The summed E-state index contributed by atoms with van der Waals surface area (Å²) >= 11 is 2.06. The van der Waals surface area contributed by atoms with E-state index in [1.807, 2.05) is 31.3 Å². The van der Waals surface area contributed by atoms with Crippen molar-refractivity contribution in [1.82, 2.24) is 15.5 Å². The van der Waals surface area contributed by atoms with Crippen LogP contribution in [0.15, 0.2) is 29.3 Å². The second-order valence-electron chi connectivity index (χ2n) is 6.28. The van der Waals surface area contributed by atoms with Crippen molar-refractivity contribution >= 4 is 47.6 Å². The lowest BCUT2D eigenvalue weighted by Crippen LogP contribution is -2.48. The van der Waals surface area contributed by atoms with Gasteiger partial charge < -0.3 is 15.5 Å². The zero-order valence-corrected chi connectivity index (χ0v) is 18.6. The van der Waals surface area contributed by atoms with E-state index in [1.54, 1.807) is 7.05 Å². The smallest absolute Gasteiger partial charge is 0.251 e. The van der Waals surface area contributed by atoms with Crippen LogP contribution in [-0.4, -0.2) is 55.0 Å². The fourth-order valence-electron chi connectivity index (χ4n) is 2.75. The minimum Gasteiger partial charge on any atom is -0.355 e. The lowest BCUT2D eigenvalue weighted by molar-refractivity contribution is 0.0963. The predicted octanol–water partition coefficient (Wildman–Crippen LogP) is 2.81. The molecule has 1 amide bonds. The van der Waals surface area contributed by atoms with Gasteiger partial charge in [0.1, 0.15) is 0 Å². The Labute approximate surface area is 172 Å². The Morgan fingerprint density at radius 1 is 1.44 bits per heavy atom. The Morgan fingerprint density at radius 2 is 2.20 bits per heavy atom. The number of carbonyl (C=O) groups excluding carboxylic acids is 1. The number of carbonyl (C=O) groups is 1. The highest BCUT2D eigenvalue weighted by molar-refractivity contribution is 14.0. The van der Waals surface area contributed by atoms with Crippen LogP contribution in [0.2, 0.25) is 0 Å². The molecule has 0 aliphatic carbocycles. The van der Waals surface area contributed by atoms with Gasteiger partial charge in [0.05, 0.1) is 0 Å². The Bertz CT molecular complexity index is 594. The number of amides is 1. The number of rotatable bonds is 4. The standard InChI is InChI=1S/C18H28N4OS.HI/c1-13(2)16-12-22(8-9-24-16)18(20-4)21-11-14-6-5-7-15(10-14)17(23)19-3;/h5-7,10,13,16H,8-9,11-12H2,1-4H3,(H,19,23)(H,20,21);1H. The van der Waals surface area contributed by atoms with Crippen LogP contribution >= 0.6 is 35.7 Å². The minimum atomic E-state index is -0.0611. The number of nitrogens with one attached hydrogen (secondary N) is 2. The first-order valence-electron chi connectivity index (χ1n) is 8.43. The average molecular weight is 476 g/mol. The molecule has 0 spiro atoms. The van der Waals surface area contributed by atoms with E-state index < -0.39 is 0 Å². The average Bonchev–Trinajstić information content (AvgIpc) is 2.62. The van der Waals surface area contributed by atoms with E-state index in [-0.39, 0.29) is 29.9 Å². The molecule has 0 bridgehead atoms. The molecule has 0 saturated carbocycles. The van der Waals surface area contributed by atoms with Crippen molar-refractivity contribution in [2.45, 2.75) is 25.6 Å². The largest absolute Gasteiger partial charge is 0.355 e. The molecule has 1 atom stereocenters. The third-order valence-corrected chi connectivity index (χ3v) is 5.76. The Kier molecular flexibility index (Phi) is 9.63. The number of aliphatic imine (C=N–C) groups is 1. The molecule has 1 fully saturated rings. The van der Waals surface area contributed by atoms with Gasteiger partial charge in [-0.1, -0.05) is 26.0 Å². The van der Waals surface area contributed by atoms with E-state index in [9.17, 15) is 4.79 Å². The third-order valence-electron chi connectivity index (χ3n) is 4.22. The monoisotopic (exact) mass is 476 g/mol. The van der Waals surface area contributed by atoms with Gasteiger partial charge in [-0.3, -0.25) is 9.79 Å². The summed E-state index contributed by atoms with van der Waals surface area (Å²) in [5.41, 5.74) is 1.75. The number of halogens is 1. The minimum absolute atomic E-state index is 0. The fourth-order valence-corrected chi connectivity index (χ4v) is 4.05. The highest BCUT2D eigenvalue weighted by Gasteiger charge is 2.24. The summed E-state index contributed by atoms with van der Waals surface area (Å²) in [5, 5.41) is 6.74. The van der Waals surface area contributed by atoms with E-state index in [1.165, 1.54) is 0 Å². The van der Waals surface area contributed by atoms with E-state index in [2.05, 4.69) is 46.1 Å². The highest BCUT2D eigenvalue weighted by Crippen LogP contribution is 2.24. The van der Waals surface area contributed by atoms with E-state index >= 15 is 0 Å². The molecule has 1 aromatic rings. The van der Waals surface area contributed by atoms with Crippen LogP contribution < -0.4 is 10.6 Å². The van der Waals surface area contributed by atoms with Gasteiger partial charge in [-0.2, -0.15) is 11.8 Å². The Balaban J connectivity index is 0.00000312. The summed E-state index contributed by atoms with van der Waals surface area (Å²) in [6, 6.07) is 7.68. The number of hydrogen-bond acceptors (Lipinski definition) is 3. The van der Waals surface area contributed by atoms with E-state index in [4.69, 9.17) is 0 Å². The molecule has 5 nitrogen and oxygen atoms in total. The molecule has 2 rings (SSSR count). The predicted molar refractivity (Wildman–Crippen MR) is 118 cm³/mol. The molecule has 1 aliphatic rings. The lowest BCUT2D eigenvalue weighted by atomic mass is 10.1. The first-order chi connectivity index (χ1) is 11.5. The zero-order valence-electron chi connectivity index (χ0n) is 15.4. The molecule has 140 valence electrons. The molecular weight excluding hydrogens is 447 g/mol. The second-order valence-corrected chi connectivity index (χ2v) is 7.63. The maximum Gasteiger partial charge on any atom is 0.251 e. The molecular formula is C18H29IN4OS. The van der Waals surface area contributed by atoms with Gasteiger partial charge in [0.2, 0.25) is 0 Å². The van der Waals surface area contributed by atoms with Gasteiger partial charge in [-0.25, -0.2) is 0 Å². The van der Waals surface area contributed by atoms with Crippen molar-refractivity contribution in [2.24, 2.45) is 10.9 Å². The van der Waals surface area contributed by atoms with Gasteiger partial charge >= 0.3 is 0 Å². The van der Waals surface area contributed by atoms with Crippen molar-refractivity contribution < 1.29 is 4.79 Å². The van der Waals surface area contributed by atoms with Gasteiger partial charge in [0, 0.05) is 50.3 Å². The van der Waals surface area contributed by atoms with Crippen molar-refractivity contribution in [2.75, 3.05) is 32.9 Å². The first kappa shape index (κ1) is 22.1. The lowest BCUT2D eigenvalue weighted by Gasteiger charge is -2.36. The van der Waals surface area contributed by atoms with Gasteiger partial charge in [-0.05, 0) is 23.6 Å². The maximum atomic E-state index is 11.7. The molecule has 1 saturated heterocycles. The number of hydrogen-bond donors (Lipinski definition) is 2. The van der Waals surface area contributed by atoms with Crippen molar-refractivity contribution in [3.8, 4) is 0 Å². The summed E-state index contributed by atoms with van der Waals surface area (Å²) in [4.78, 5) is 18.5. The van der Waals surface area contributed by atoms with E-state index in [0.717, 1.165) is 30.4 Å². The summed E-state index contributed by atoms with van der Waals surface area (Å²) < 4.78 is 0. The zero-order chi connectivity index (χ0) is 17.5. The highest BCUT2D eigenvalue weighted by atomic mass is 127.